The van der Waals surface area contributed by atoms with Gasteiger partial charge in [0, 0.05) is 23.2 Å². The second kappa shape index (κ2) is 8.08. The molecule has 1 aromatic carbocycles. The fourth-order valence-electron chi connectivity index (χ4n) is 4.43. The van der Waals surface area contributed by atoms with Gasteiger partial charge in [0.05, 0.1) is 41.9 Å². The summed E-state index contributed by atoms with van der Waals surface area (Å²) in [6, 6.07) is 5.46. The summed E-state index contributed by atoms with van der Waals surface area (Å²) in [4.78, 5) is 18.7. The lowest BCUT2D eigenvalue weighted by Gasteiger charge is -2.13. The highest BCUT2D eigenvalue weighted by atomic mass is 19.4. The summed E-state index contributed by atoms with van der Waals surface area (Å²) in [5.74, 6) is 0.479. The number of aromatic nitrogens is 6. The highest BCUT2D eigenvalue weighted by molar-refractivity contribution is 5.87. The lowest BCUT2D eigenvalue weighted by Crippen LogP contribution is -2.09. The maximum absolute atomic E-state index is 13.1. The Kier molecular flexibility index (Phi) is 5.10. The van der Waals surface area contributed by atoms with E-state index in [1.54, 1.807) is 0 Å². The molecule has 0 amide bonds. The second-order valence-electron chi connectivity index (χ2n) is 9.31. The van der Waals surface area contributed by atoms with Crippen molar-refractivity contribution in [1.82, 2.24) is 29.7 Å². The molecule has 7 nitrogen and oxygen atoms in total. The molecule has 0 unspecified atom stereocenters. The number of aryl methyl sites for hydroxylation is 2. The van der Waals surface area contributed by atoms with Crippen molar-refractivity contribution in [3.05, 3.63) is 65.0 Å². The molecule has 4 heterocycles. The number of benzene rings is 1. The van der Waals surface area contributed by atoms with E-state index < -0.39 is 11.7 Å². The van der Waals surface area contributed by atoms with E-state index in [2.05, 4.69) is 21.3 Å². The molecule has 2 atom stereocenters. The molecule has 3 aromatic heterocycles. The summed E-state index contributed by atoms with van der Waals surface area (Å²) >= 11 is 0. The van der Waals surface area contributed by atoms with Crippen LogP contribution < -0.4 is 0 Å². The van der Waals surface area contributed by atoms with Crippen molar-refractivity contribution in [2.75, 3.05) is 6.61 Å². The SMILES string of the molecule is Cc1nc2nc([C@@H]3CO[C@H](c4cnn(C5CC5)c4)C3)nc(-c3ccc(C(F)(F)F)cc3)c2nc1C. The summed E-state index contributed by atoms with van der Waals surface area (Å²) in [6.07, 6.45) is 2.41. The third-order valence-corrected chi connectivity index (χ3v) is 6.72. The van der Waals surface area contributed by atoms with Crippen molar-refractivity contribution >= 4 is 11.2 Å². The molecule has 1 aliphatic carbocycles. The maximum Gasteiger partial charge on any atom is 0.416 e. The summed E-state index contributed by atoms with van der Waals surface area (Å²) in [6.45, 7) is 4.13. The number of hydrogen-bond donors (Lipinski definition) is 0. The molecule has 0 spiro atoms. The van der Waals surface area contributed by atoms with Crippen LogP contribution in [0.1, 0.15) is 65.7 Å². The Bertz CT molecular complexity index is 1410. The number of ether oxygens (including phenoxy) is 1. The summed E-state index contributed by atoms with van der Waals surface area (Å²) in [5, 5.41) is 4.46. The Morgan fingerprint density at radius 2 is 1.71 bits per heavy atom. The van der Waals surface area contributed by atoms with Crippen LogP contribution in [0.2, 0.25) is 0 Å². The second-order valence-corrected chi connectivity index (χ2v) is 9.31. The van der Waals surface area contributed by atoms with E-state index in [-0.39, 0.29) is 12.0 Å². The fourth-order valence-corrected chi connectivity index (χ4v) is 4.43. The fraction of sp³-hybridized carbons (Fsp3) is 0.400. The van der Waals surface area contributed by atoms with Gasteiger partial charge in [0.15, 0.2) is 5.65 Å². The van der Waals surface area contributed by atoms with Gasteiger partial charge in [-0.2, -0.15) is 18.3 Å². The maximum atomic E-state index is 13.1. The Hall–Kier alpha value is -3.40. The predicted molar refractivity (Wildman–Crippen MR) is 122 cm³/mol. The van der Waals surface area contributed by atoms with E-state index in [1.165, 1.54) is 12.1 Å². The van der Waals surface area contributed by atoms with Gasteiger partial charge in [-0.05, 0) is 45.2 Å². The van der Waals surface area contributed by atoms with Crippen LogP contribution in [0.25, 0.3) is 22.4 Å². The zero-order chi connectivity index (χ0) is 24.3. The van der Waals surface area contributed by atoms with Crippen molar-refractivity contribution in [3.63, 3.8) is 0 Å². The molecule has 1 saturated carbocycles. The Labute approximate surface area is 199 Å². The number of rotatable bonds is 4. The molecule has 2 aliphatic rings. The van der Waals surface area contributed by atoms with Crippen LogP contribution in [0.4, 0.5) is 13.2 Å². The van der Waals surface area contributed by atoms with Gasteiger partial charge in [-0.25, -0.2) is 19.9 Å². The average Bonchev–Trinajstić information content (AvgIpc) is 3.35. The van der Waals surface area contributed by atoms with E-state index in [0.717, 1.165) is 41.9 Å². The quantitative estimate of drug-likeness (QED) is 0.384. The van der Waals surface area contributed by atoms with Gasteiger partial charge in [0.25, 0.3) is 0 Å². The summed E-state index contributed by atoms with van der Waals surface area (Å²) in [7, 11) is 0. The predicted octanol–water partition coefficient (Wildman–Crippen LogP) is 5.50. The minimum absolute atomic E-state index is 0.0784. The molecular weight excluding hydrogens is 457 g/mol. The van der Waals surface area contributed by atoms with Crippen LogP contribution in [0.5, 0.6) is 0 Å². The molecular formula is C25H23F3N6O. The minimum Gasteiger partial charge on any atom is -0.373 e. The van der Waals surface area contributed by atoms with Gasteiger partial charge >= 0.3 is 6.18 Å². The number of fused-ring (bicyclic) bond motifs is 1. The molecule has 0 radical (unpaired) electrons. The van der Waals surface area contributed by atoms with Crippen LogP contribution in [-0.2, 0) is 10.9 Å². The van der Waals surface area contributed by atoms with E-state index >= 15 is 0 Å². The lowest BCUT2D eigenvalue weighted by atomic mass is 10.0. The Balaban J connectivity index is 1.37. The van der Waals surface area contributed by atoms with Gasteiger partial charge in [-0.3, -0.25) is 4.68 Å². The van der Waals surface area contributed by atoms with Crippen LogP contribution in [0.15, 0.2) is 36.7 Å². The monoisotopic (exact) mass is 480 g/mol. The molecule has 6 rings (SSSR count). The standard InChI is InChI=1S/C25H23F3N6O/c1-13-14(2)31-24-22(30-13)21(15-3-5-18(6-4-15)25(26,27)28)32-23(33-24)16-9-20(35-12-16)17-10-29-34(11-17)19-7-8-19/h3-6,10-11,16,19-20H,7-9,12H2,1-2H3/t16-,20-/m0/s1. The third-order valence-electron chi connectivity index (χ3n) is 6.72. The summed E-state index contributed by atoms with van der Waals surface area (Å²) < 4.78 is 47.4. The molecule has 0 N–H and O–H groups in total. The molecule has 180 valence electrons. The first-order valence-electron chi connectivity index (χ1n) is 11.6. The molecule has 4 aromatic rings. The van der Waals surface area contributed by atoms with Crippen LogP contribution in [-0.4, -0.2) is 36.3 Å². The van der Waals surface area contributed by atoms with Crippen molar-refractivity contribution in [2.45, 2.75) is 57.3 Å². The number of alkyl halides is 3. The van der Waals surface area contributed by atoms with E-state index in [9.17, 15) is 13.2 Å². The highest BCUT2D eigenvalue weighted by Gasteiger charge is 2.33. The van der Waals surface area contributed by atoms with Crippen LogP contribution >= 0.6 is 0 Å². The van der Waals surface area contributed by atoms with Crippen molar-refractivity contribution < 1.29 is 17.9 Å². The summed E-state index contributed by atoms with van der Waals surface area (Å²) in [5.41, 5.74) is 3.69. The minimum atomic E-state index is -4.41. The zero-order valence-electron chi connectivity index (χ0n) is 19.3. The first kappa shape index (κ1) is 22.1. The lowest BCUT2D eigenvalue weighted by molar-refractivity contribution is -0.137. The van der Waals surface area contributed by atoms with Gasteiger partial charge in [-0.15, -0.1) is 0 Å². The Morgan fingerprint density at radius 3 is 2.43 bits per heavy atom. The molecule has 35 heavy (non-hydrogen) atoms. The average molecular weight is 480 g/mol. The van der Waals surface area contributed by atoms with Gasteiger partial charge in [0.1, 0.15) is 17.0 Å². The molecule has 10 heteroatoms. The van der Waals surface area contributed by atoms with Crippen molar-refractivity contribution in [2.24, 2.45) is 0 Å². The molecule has 2 fully saturated rings. The smallest absolute Gasteiger partial charge is 0.373 e. The van der Waals surface area contributed by atoms with Gasteiger partial charge < -0.3 is 4.74 Å². The zero-order valence-corrected chi connectivity index (χ0v) is 19.3. The number of hydrogen-bond acceptors (Lipinski definition) is 6. The topological polar surface area (TPSA) is 78.6 Å². The molecule has 1 saturated heterocycles. The van der Waals surface area contributed by atoms with E-state index in [1.807, 2.05) is 24.7 Å². The Morgan fingerprint density at radius 1 is 0.971 bits per heavy atom. The first-order valence-corrected chi connectivity index (χ1v) is 11.6. The van der Waals surface area contributed by atoms with Crippen LogP contribution in [0, 0.1) is 13.8 Å². The van der Waals surface area contributed by atoms with E-state index in [4.69, 9.17) is 14.7 Å². The van der Waals surface area contributed by atoms with Gasteiger partial charge in [0.2, 0.25) is 0 Å². The van der Waals surface area contributed by atoms with E-state index in [0.29, 0.717) is 47.3 Å². The van der Waals surface area contributed by atoms with Crippen molar-refractivity contribution in [1.29, 1.82) is 0 Å². The molecule has 0 bridgehead atoms. The third kappa shape index (κ3) is 4.16. The number of halogens is 3. The largest absolute Gasteiger partial charge is 0.416 e. The number of nitrogens with zero attached hydrogens (tertiary/aromatic N) is 6. The highest BCUT2D eigenvalue weighted by Crippen LogP contribution is 2.40. The van der Waals surface area contributed by atoms with Gasteiger partial charge in [-0.1, -0.05) is 12.1 Å². The first-order chi connectivity index (χ1) is 16.8. The molecule has 1 aliphatic heterocycles. The van der Waals surface area contributed by atoms with Crippen molar-refractivity contribution in [3.8, 4) is 11.3 Å². The van der Waals surface area contributed by atoms with Crippen LogP contribution in [0.3, 0.4) is 0 Å². The normalized spacial score (nSPS) is 20.6.